The van der Waals surface area contributed by atoms with Crippen molar-refractivity contribution >= 4 is 102 Å². The third-order valence-corrected chi connectivity index (χ3v) is 11.6. The molecule has 4 rings (SSSR count). The number of hydrogen-bond acceptors (Lipinski definition) is 8. The molecule has 0 fully saturated rings. The van der Waals surface area contributed by atoms with Crippen LogP contribution < -0.4 is 5.73 Å². The first kappa shape index (κ1) is 28.7. The highest BCUT2D eigenvalue weighted by Gasteiger charge is 2.18. The highest BCUT2D eigenvalue weighted by molar-refractivity contribution is 8.24. The van der Waals surface area contributed by atoms with Crippen molar-refractivity contribution in [2.45, 2.75) is 13.8 Å². The first-order valence-corrected chi connectivity index (χ1v) is 16.4. The maximum Gasteiger partial charge on any atom is 0.103 e. The lowest BCUT2D eigenvalue weighted by atomic mass is 10.1. The summed E-state index contributed by atoms with van der Waals surface area (Å²) in [5, 5.41) is 17.6. The molecule has 0 saturated carbocycles. The van der Waals surface area contributed by atoms with Crippen molar-refractivity contribution in [1.82, 2.24) is 0 Å². The molecule has 4 heterocycles. The molecule has 0 aliphatic carbocycles. The monoisotopic (exact) mass is 629 g/mol. The quantitative estimate of drug-likeness (QED) is 0.110. The van der Waals surface area contributed by atoms with Gasteiger partial charge in [0, 0.05) is 46.0 Å². The van der Waals surface area contributed by atoms with Crippen molar-refractivity contribution in [2.24, 2.45) is 5.73 Å². The minimum Gasteiger partial charge on any atom is -0.396 e. The zero-order valence-corrected chi connectivity index (χ0v) is 25.9. The summed E-state index contributed by atoms with van der Waals surface area (Å²) in [6.45, 7) is 7.90. The van der Waals surface area contributed by atoms with E-state index in [-0.39, 0.29) is 0 Å². The number of nitrogens with zero attached hydrogens (tertiary/aromatic N) is 1. The number of hydrogen-bond donors (Lipinski definition) is 2. The Kier molecular flexibility index (Phi) is 9.55. The molecule has 0 saturated heterocycles. The van der Waals surface area contributed by atoms with Crippen LogP contribution in [0.5, 0.6) is 0 Å². The van der Waals surface area contributed by atoms with Gasteiger partial charge in [-0.15, -0.1) is 45.3 Å². The molecule has 0 atom stereocenters. The van der Waals surface area contributed by atoms with E-state index in [1.54, 1.807) is 52.2 Å². The van der Waals surface area contributed by atoms with Crippen molar-refractivity contribution in [2.75, 3.05) is 0 Å². The Morgan fingerprint density at radius 3 is 2.29 bits per heavy atom. The molecule has 0 unspecified atom stereocenters. The molecule has 192 valence electrons. The van der Waals surface area contributed by atoms with Gasteiger partial charge in [0.15, 0.2) is 0 Å². The average molecular weight is 631 g/mol. The summed E-state index contributed by atoms with van der Waals surface area (Å²) in [5.41, 5.74) is 10.4. The lowest BCUT2D eigenvalue weighted by Crippen LogP contribution is -1.97. The summed E-state index contributed by atoms with van der Waals surface area (Å²) in [6, 6.07) is 14.3. The van der Waals surface area contributed by atoms with Gasteiger partial charge < -0.3 is 11.1 Å². The van der Waals surface area contributed by atoms with E-state index in [0.29, 0.717) is 15.6 Å². The fraction of sp³-hybridized carbons (Fsp3) is 0.0714. The second kappa shape index (κ2) is 12.7. The zero-order chi connectivity index (χ0) is 27.4. The van der Waals surface area contributed by atoms with Gasteiger partial charge in [0.05, 0.1) is 20.5 Å². The number of halogens is 2. The number of nitriles is 1. The third kappa shape index (κ3) is 6.11. The maximum absolute atomic E-state index is 9.76. The third-order valence-electron chi connectivity index (χ3n) is 5.46. The number of allylic oxidation sites excluding steroid dienone is 4. The summed E-state index contributed by atoms with van der Waals surface area (Å²) >= 11 is 12.4. The lowest BCUT2D eigenvalue weighted by Gasteiger charge is -2.01. The molecule has 3 N–H and O–H groups in total. The standard InChI is InChI=1S/C28H21Cl2N3S5/c1-4-5-20(38-30)17(13-31)12-18-10-15(2)27(34-18)22-6-7-23(35-22)28-16(3)11-24(37-28)26(33)19(14-32)21-8-9-25(29)36-21/h4-13,31H,1,33H2,2-3H3/b17-12+,20-5-,26-19-,31-13?. The summed E-state index contributed by atoms with van der Waals surface area (Å²) in [6.07, 6.45) is 6.76. The van der Waals surface area contributed by atoms with E-state index in [1.165, 1.54) is 32.9 Å². The molecule has 0 amide bonds. The highest BCUT2D eigenvalue weighted by atomic mass is 35.7. The number of rotatable bonds is 9. The summed E-state index contributed by atoms with van der Waals surface area (Å²) < 4.78 is 0.623. The van der Waals surface area contributed by atoms with Crippen LogP contribution in [0.3, 0.4) is 0 Å². The molecule has 4 aromatic rings. The van der Waals surface area contributed by atoms with Gasteiger partial charge >= 0.3 is 0 Å². The minimum absolute atomic E-state index is 0.444. The SMILES string of the molecule is C=C/C=C(SCl)/C(C=N)=C/c1cc(C)c(-c2ccc(-c3sc(/C(N)=C(\C#N)c4ccc(Cl)s4)cc3C)s2)s1. The molecule has 0 aliphatic heterocycles. The first-order chi connectivity index (χ1) is 18.3. The highest BCUT2D eigenvalue weighted by Crippen LogP contribution is 2.45. The topological polar surface area (TPSA) is 73.7 Å². The van der Waals surface area contributed by atoms with Crippen molar-refractivity contribution in [3.05, 3.63) is 95.7 Å². The van der Waals surface area contributed by atoms with Crippen molar-refractivity contribution in [1.29, 1.82) is 10.7 Å². The van der Waals surface area contributed by atoms with E-state index in [9.17, 15) is 5.26 Å². The molecule has 0 aliphatic rings. The Labute approximate surface area is 251 Å². The van der Waals surface area contributed by atoms with E-state index in [4.69, 9.17) is 33.4 Å². The second-order valence-corrected chi connectivity index (χ2v) is 14.0. The summed E-state index contributed by atoms with van der Waals surface area (Å²) in [7, 11) is 7.08. The normalized spacial score (nSPS) is 12.8. The van der Waals surface area contributed by atoms with Crippen LogP contribution >= 0.6 is 78.6 Å². The summed E-state index contributed by atoms with van der Waals surface area (Å²) in [4.78, 5) is 8.13. The van der Waals surface area contributed by atoms with Gasteiger partial charge in [0.2, 0.25) is 0 Å². The smallest absolute Gasteiger partial charge is 0.103 e. The van der Waals surface area contributed by atoms with Gasteiger partial charge in [-0.1, -0.05) is 24.3 Å². The van der Waals surface area contributed by atoms with Crippen LogP contribution in [0, 0.1) is 30.6 Å². The van der Waals surface area contributed by atoms with E-state index in [0.717, 1.165) is 51.4 Å². The Balaban J connectivity index is 1.67. The van der Waals surface area contributed by atoms with Gasteiger partial charge in [-0.25, -0.2) is 0 Å². The predicted octanol–water partition coefficient (Wildman–Crippen LogP) is 10.9. The van der Waals surface area contributed by atoms with Crippen LogP contribution in [0.2, 0.25) is 4.34 Å². The van der Waals surface area contributed by atoms with Gasteiger partial charge in [0.1, 0.15) is 6.07 Å². The van der Waals surface area contributed by atoms with Crippen molar-refractivity contribution in [3.8, 4) is 25.6 Å². The molecule has 0 radical (unpaired) electrons. The van der Waals surface area contributed by atoms with Crippen LogP contribution in [0.15, 0.2) is 65.6 Å². The van der Waals surface area contributed by atoms with Crippen molar-refractivity contribution in [3.63, 3.8) is 0 Å². The van der Waals surface area contributed by atoms with Crippen LogP contribution in [-0.2, 0) is 0 Å². The Morgan fingerprint density at radius 2 is 1.71 bits per heavy atom. The van der Waals surface area contributed by atoms with E-state index >= 15 is 0 Å². The van der Waals surface area contributed by atoms with Crippen LogP contribution in [0.25, 0.3) is 36.9 Å². The number of thiophene rings is 4. The molecular formula is C28H21Cl2N3S5. The Morgan fingerprint density at radius 1 is 1.03 bits per heavy atom. The molecule has 0 spiro atoms. The molecule has 0 bridgehead atoms. The molecule has 0 aromatic carbocycles. The van der Waals surface area contributed by atoms with Gasteiger partial charge in [-0.2, -0.15) is 5.26 Å². The van der Waals surface area contributed by atoms with Gasteiger partial charge in [-0.3, -0.25) is 0 Å². The second-order valence-electron chi connectivity index (χ2n) is 8.04. The Bertz CT molecular complexity index is 1650. The van der Waals surface area contributed by atoms with Gasteiger partial charge in [0.25, 0.3) is 0 Å². The first-order valence-electron chi connectivity index (χ1n) is 11.1. The maximum atomic E-state index is 9.76. The molecule has 38 heavy (non-hydrogen) atoms. The van der Waals surface area contributed by atoms with Crippen LogP contribution in [-0.4, -0.2) is 6.21 Å². The van der Waals surface area contributed by atoms with E-state index in [2.05, 4.69) is 44.7 Å². The molecule has 3 nitrogen and oxygen atoms in total. The molecular weight excluding hydrogens is 610 g/mol. The summed E-state index contributed by atoms with van der Waals surface area (Å²) in [5.74, 6) is 0. The van der Waals surface area contributed by atoms with E-state index in [1.807, 2.05) is 18.2 Å². The van der Waals surface area contributed by atoms with Crippen molar-refractivity contribution < 1.29 is 0 Å². The number of nitrogens with two attached hydrogens (primary N) is 1. The van der Waals surface area contributed by atoms with E-state index < -0.39 is 0 Å². The fourth-order valence-corrected chi connectivity index (χ4v) is 9.14. The number of nitrogens with one attached hydrogen (secondary N) is 1. The predicted molar refractivity (Wildman–Crippen MR) is 175 cm³/mol. The number of aryl methyl sites for hydroxylation is 2. The van der Waals surface area contributed by atoms with Gasteiger partial charge in [-0.05, 0) is 95.2 Å². The minimum atomic E-state index is 0.444. The fourth-order valence-electron chi connectivity index (χ4n) is 3.69. The lowest BCUT2D eigenvalue weighted by molar-refractivity contribution is 1.51. The molecule has 4 aromatic heterocycles. The zero-order valence-electron chi connectivity index (χ0n) is 20.3. The average Bonchev–Trinajstić information content (AvgIpc) is 3.69. The molecule has 10 heteroatoms. The Hall–Kier alpha value is -2.35. The van der Waals surface area contributed by atoms with Crippen LogP contribution in [0.1, 0.15) is 25.8 Å². The largest absolute Gasteiger partial charge is 0.396 e. The van der Waals surface area contributed by atoms with Crippen LogP contribution in [0.4, 0.5) is 0 Å².